The maximum absolute atomic E-state index is 11.1. The zero-order valence-electron chi connectivity index (χ0n) is 8.65. The summed E-state index contributed by atoms with van der Waals surface area (Å²) in [6, 6.07) is 1.79. The molecule has 14 heavy (non-hydrogen) atoms. The zero-order chi connectivity index (χ0) is 10.6. The van der Waals surface area contributed by atoms with Gasteiger partial charge in [0.05, 0.1) is 6.10 Å². The summed E-state index contributed by atoms with van der Waals surface area (Å²) >= 11 is 0. The summed E-state index contributed by atoms with van der Waals surface area (Å²) in [7, 11) is 1.82. The van der Waals surface area contributed by atoms with E-state index in [1.165, 1.54) is 0 Å². The number of nitrogens with one attached hydrogen (secondary N) is 1. The summed E-state index contributed by atoms with van der Waals surface area (Å²) in [6.07, 6.45) is 1.73. The summed E-state index contributed by atoms with van der Waals surface area (Å²) in [6.45, 7) is 3.78. The molecule has 0 spiro atoms. The first kappa shape index (κ1) is 10.6. The normalized spacial score (nSPS) is 10.3. The molecule has 5 heteroatoms. The van der Waals surface area contributed by atoms with E-state index < -0.39 is 0 Å². The summed E-state index contributed by atoms with van der Waals surface area (Å²) in [5, 5.41) is 6.92. The monoisotopic (exact) mass is 197 g/mol. The summed E-state index contributed by atoms with van der Waals surface area (Å²) < 4.78 is 6.61. The molecule has 1 heterocycles. The predicted octanol–water partition coefficient (Wildman–Crippen LogP) is 0.784. The Balaban J connectivity index is 2.30. The second-order valence-electron chi connectivity index (χ2n) is 3.27. The number of ether oxygens (including phenoxy) is 1. The van der Waals surface area contributed by atoms with Gasteiger partial charge >= 0.3 is 5.97 Å². The van der Waals surface area contributed by atoms with Gasteiger partial charge in [-0.1, -0.05) is 0 Å². The molecule has 0 aliphatic carbocycles. The molecule has 0 aliphatic heterocycles. The molecular weight excluding hydrogens is 182 g/mol. The number of nitrogens with zero attached hydrogens (tertiary/aromatic N) is 2. The van der Waals surface area contributed by atoms with Crippen molar-refractivity contribution in [2.24, 2.45) is 7.05 Å². The Morgan fingerprint density at radius 3 is 2.93 bits per heavy atom. The number of carbonyl (C=O) groups excluding carboxylic acids is 1. The highest BCUT2D eigenvalue weighted by atomic mass is 16.5. The molecule has 0 aliphatic rings. The van der Waals surface area contributed by atoms with Crippen LogP contribution in [0.2, 0.25) is 0 Å². The number of rotatable bonds is 4. The molecule has 5 nitrogen and oxygen atoms in total. The van der Waals surface area contributed by atoms with Crippen molar-refractivity contribution < 1.29 is 9.53 Å². The van der Waals surface area contributed by atoms with E-state index in [0.29, 0.717) is 5.82 Å². The van der Waals surface area contributed by atoms with E-state index in [4.69, 9.17) is 4.74 Å². The van der Waals surface area contributed by atoms with Crippen LogP contribution in [0.4, 0.5) is 5.82 Å². The van der Waals surface area contributed by atoms with Crippen LogP contribution in [0.15, 0.2) is 12.3 Å². The Hall–Kier alpha value is -1.52. The molecule has 0 aromatic carbocycles. The van der Waals surface area contributed by atoms with Gasteiger partial charge in [0.2, 0.25) is 0 Å². The third-order valence-electron chi connectivity index (χ3n) is 1.49. The number of hydrogen-bond acceptors (Lipinski definition) is 4. The Kier molecular flexibility index (Phi) is 3.50. The maximum atomic E-state index is 11.1. The molecule has 0 radical (unpaired) electrons. The fourth-order valence-electron chi connectivity index (χ4n) is 0.977. The number of hydrogen-bond donors (Lipinski definition) is 1. The van der Waals surface area contributed by atoms with Gasteiger partial charge in [0.1, 0.15) is 12.4 Å². The van der Waals surface area contributed by atoms with E-state index in [1.54, 1.807) is 16.9 Å². The van der Waals surface area contributed by atoms with E-state index in [0.717, 1.165) is 0 Å². The van der Waals surface area contributed by atoms with Crippen LogP contribution >= 0.6 is 0 Å². The van der Waals surface area contributed by atoms with Gasteiger partial charge in [-0.25, -0.2) is 0 Å². The highest BCUT2D eigenvalue weighted by Gasteiger charge is 2.05. The standard InChI is InChI=1S/C9H15N3O2/c1-7(2)14-9(13)6-10-8-4-5-12(3)11-8/h4-5,7H,6H2,1-3H3,(H,10,11). The molecule has 1 aromatic rings. The molecule has 0 unspecified atom stereocenters. The van der Waals surface area contributed by atoms with Crippen LogP contribution in [0.1, 0.15) is 13.8 Å². The molecule has 0 fully saturated rings. The van der Waals surface area contributed by atoms with Crippen molar-refractivity contribution >= 4 is 11.8 Å². The number of carbonyl (C=O) groups is 1. The van der Waals surface area contributed by atoms with Crippen molar-refractivity contribution in [3.05, 3.63) is 12.3 Å². The van der Waals surface area contributed by atoms with Crippen LogP contribution in [-0.4, -0.2) is 28.4 Å². The molecule has 1 N–H and O–H groups in total. The van der Waals surface area contributed by atoms with Crippen LogP contribution in [0.5, 0.6) is 0 Å². The van der Waals surface area contributed by atoms with Crippen LogP contribution < -0.4 is 5.32 Å². The SMILES string of the molecule is CC(C)OC(=O)CNc1ccn(C)n1. The fraction of sp³-hybridized carbons (Fsp3) is 0.556. The highest BCUT2D eigenvalue weighted by molar-refractivity contribution is 5.74. The van der Waals surface area contributed by atoms with Gasteiger partial charge in [-0.3, -0.25) is 9.48 Å². The number of anilines is 1. The lowest BCUT2D eigenvalue weighted by molar-refractivity contribution is -0.145. The molecule has 0 bridgehead atoms. The van der Waals surface area contributed by atoms with Crippen molar-refractivity contribution in [3.8, 4) is 0 Å². The first-order valence-corrected chi connectivity index (χ1v) is 4.51. The van der Waals surface area contributed by atoms with Crippen molar-refractivity contribution in [2.75, 3.05) is 11.9 Å². The molecule has 0 saturated heterocycles. The Bertz CT molecular complexity index is 307. The van der Waals surface area contributed by atoms with E-state index in [1.807, 2.05) is 20.9 Å². The van der Waals surface area contributed by atoms with E-state index in [9.17, 15) is 4.79 Å². The van der Waals surface area contributed by atoms with Crippen molar-refractivity contribution in [2.45, 2.75) is 20.0 Å². The van der Waals surface area contributed by atoms with Crippen LogP contribution in [0.3, 0.4) is 0 Å². The quantitative estimate of drug-likeness (QED) is 0.725. The van der Waals surface area contributed by atoms with Crippen molar-refractivity contribution in [1.82, 2.24) is 9.78 Å². The fourth-order valence-corrected chi connectivity index (χ4v) is 0.977. The smallest absolute Gasteiger partial charge is 0.325 e. The molecule has 1 aromatic heterocycles. The Labute approximate surface area is 83.1 Å². The van der Waals surface area contributed by atoms with Gasteiger partial charge in [-0.15, -0.1) is 0 Å². The minimum absolute atomic E-state index is 0.0759. The van der Waals surface area contributed by atoms with Crippen LogP contribution in [0.25, 0.3) is 0 Å². The van der Waals surface area contributed by atoms with Crippen LogP contribution in [0, 0.1) is 0 Å². The van der Waals surface area contributed by atoms with E-state index in [2.05, 4.69) is 10.4 Å². The minimum Gasteiger partial charge on any atom is -0.462 e. The molecule has 0 amide bonds. The van der Waals surface area contributed by atoms with Gasteiger partial charge in [0.15, 0.2) is 0 Å². The van der Waals surface area contributed by atoms with Gasteiger partial charge in [0.25, 0.3) is 0 Å². The van der Waals surface area contributed by atoms with E-state index >= 15 is 0 Å². The third-order valence-corrected chi connectivity index (χ3v) is 1.49. The Morgan fingerprint density at radius 2 is 2.43 bits per heavy atom. The highest BCUT2D eigenvalue weighted by Crippen LogP contribution is 2.00. The summed E-state index contributed by atoms with van der Waals surface area (Å²) in [4.78, 5) is 11.1. The van der Waals surface area contributed by atoms with Gasteiger partial charge in [-0.05, 0) is 13.8 Å². The van der Waals surface area contributed by atoms with Gasteiger partial charge < -0.3 is 10.1 Å². The molecule has 1 rings (SSSR count). The second-order valence-corrected chi connectivity index (χ2v) is 3.27. The number of aromatic nitrogens is 2. The molecule has 0 saturated carbocycles. The van der Waals surface area contributed by atoms with Crippen LogP contribution in [-0.2, 0) is 16.6 Å². The Morgan fingerprint density at radius 1 is 1.71 bits per heavy atom. The lowest BCUT2D eigenvalue weighted by Gasteiger charge is -2.07. The zero-order valence-corrected chi connectivity index (χ0v) is 8.65. The van der Waals surface area contributed by atoms with Gasteiger partial charge in [0, 0.05) is 19.3 Å². The maximum Gasteiger partial charge on any atom is 0.325 e. The molecular formula is C9H15N3O2. The molecule has 0 atom stereocenters. The summed E-state index contributed by atoms with van der Waals surface area (Å²) in [5.41, 5.74) is 0. The average molecular weight is 197 g/mol. The largest absolute Gasteiger partial charge is 0.462 e. The number of esters is 1. The predicted molar refractivity (Wildman–Crippen MR) is 52.9 cm³/mol. The molecule has 78 valence electrons. The lowest BCUT2D eigenvalue weighted by atomic mass is 10.5. The summed E-state index contributed by atoms with van der Waals surface area (Å²) in [5.74, 6) is 0.402. The first-order valence-electron chi connectivity index (χ1n) is 4.51. The third kappa shape index (κ3) is 3.47. The van der Waals surface area contributed by atoms with Gasteiger partial charge in [-0.2, -0.15) is 5.10 Å². The minimum atomic E-state index is -0.273. The lowest BCUT2D eigenvalue weighted by Crippen LogP contribution is -2.20. The second kappa shape index (κ2) is 4.64. The van der Waals surface area contributed by atoms with Crippen molar-refractivity contribution in [3.63, 3.8) is 0 Å². The average Bonchev–Trinajstić information content (AvgIpc) is 2.47. The van der Waals surface area contributed by atoms with Crippen molar-refractivity contribution in [1.29, 1.82) is 0 Å². The number of aryl methyl sites for hydroxylation is 1. The topological polar surface area (TPSA) is 56.1 Å². The first-order chi connectivity index (χ1) is 6.58. The van der Waals surface area contributed by atoms with E-state index in [-0.39, 0.29) is 18.6 Å².